The number of aromatic nitrogens is 3. The molecule has 2 aromatic rings. The lowest BCUT2D eigenvalue weighted by atomic mass is 10.2. The molecule has 25 heavy (non-hydrogen) atoms. The summed E-state index contributed by atoms with van der Waals surface area (Å²) in [6.07, 6.45) is 4.81. The number of rotatable bonds is 6. The van der Waals surface area contributed by atoms with E-state index in [1.165, 1.54) is 6.20 Å². The molecular weight excluding hydrogens is 323 g/mol. The molecule has 1 aliphatic heterocycles. The number of halogens is 1. The van der Waals surface area contributed by atoms with Crippen LogP contribution >= 0.6 is 0 Å². The highest BCUT2D eigenvalue weighted by molar-refractivity contribution is 5.94. The Labute approximate surface area is 146 Å². The second kappa shape index (κ2) is 7.60. The van der Waals surface area contributed by atoms with Gasteiger partial charge in [0.2, 0.25) is 0 Å². The molecule has 0 unspecified atom stereocenters. The summed E-state index contributed by atoms with van der Waals surface area (Å²) in [7, 11) is 3.63. The molecule has 0 radical (unpaired) electrons. The number of nitrogens with zero attached hydrogens (tertiary/aromatic N) is 4. The number of hydrogen-bond acceptors (Lipinski definition) is 5. The standard InChI is InChI=1S/C17H23FN6O/c1-19-16-4-3-13(7-20-16)17(25)21-8-15-5-14(18)11-24(15)10-12-6-22-23(2)9-12/h3-4,6-7,9,14-15H,5,8,10-11H2,1-2H3,(H,19,20)(H,21,25)/t14-,15-/m0/s1. The van der Waals surface area contributed by atoms with Gasteiger partial charge in [0.1, 0.15) is 12.0 Å². The van der Waals surface area contributed by atoms with E-state index >= 15 is 0 Å². The smallest absolute Gasteiger partial charge is 0.252 e. The van der Waals surface area contributed by atoms with Crippen LogP contribution in [0.4, 0.5) is 10.2 Å². The van der Waals surface area contributed by atoms with Crippen molar-refractivity contribution in [1.29, 1.82) is 0 Å². The van der Waals surface area contributed by atoms with E-state index in [2.05, 4.69) is 25.6 Å². The third-order valence-corrected chi connectivity index (χ3v) is 4.40. The van der Waals surface area contributed by atoms with Gasteiger partial charge in [-0.1, -0.05) is 0 Å². The van der Waals surface area contributed by atoms with Gasteiger partial charge in [0.25, 0.3) is 5.91 Å². The van der Waals surface area contributed by atoms with E-state index in [4.69, 9.17) is 0 Å². The van der Waals surface area contributed by atoms with Crippen molar-refractivity contribution in [3.63, 3.8) is 0 Å². The third-order valence-electron chi connectivity index (χ3n) is 4.40. The zero-order valence-electron chi connectivity index (χ0n) is 14.4. The second-order valence-corrected chi connectivity index (χ2v) is 6.33. The first-order chi connectivity index (χ1) is 12.0. The minimum Gasteiger partial charge on any atom is -0.373 e. The highest BCUT2D eigenvalue weighted by Gasteiger charge is 2.32. The number of carbonyl (C=O) groups excluding carboxylic acids is 1. The average molecular weight is 346 g/mol. The number of aryl methyl sites for hydroxylation is 1. The molecule has 8 heteroatoms. The fraction of sp³-hybridized carbons (Fsp3) is 0.471. The molecule has 0 aromatic carbocycles. The predicted molar refractivity (Wildman–Crippen MR) is 93.0 cm³/mol. The summed E-state index contributed by atoms with van der Waals surface area (Å²) < 4.78 is 15.6. The lowest BCUT2D eigenvalue weighted by Crippen LogP contribution is -2.39. The Bertz CT molecular complexity index is 716. The van der Waals surface area contributed by atoms with Crippen LogP contribution in [0.2, 0.25) is 0 Å². The molecule has 3 rings (SSSR count). The number of pyridine rings is 1. The summed E-state index contributed by atoms with van der Waals surface area (Å²) in [5, 5.41) is 9.94. The number of anilines is 1. The van der Waals surface area contributed by atoms with E-state index in [0.29, 0.717) is 37.4 Å². The summed E-state index contributed by atoms with van der Waals surface area (Å²) in [5.74, 6) is 0.508. The maximum atomic E-state index is 13.9. The van der Waals surface area contributed by atoms with Crippen molar-refractivity contribution in [2.75, 3.05) is 25.5 Å². The molecule has 2 N–H and O–H groups in total. The fourth-order valence-corrected chi connectivity index (χ4v) is 3.11. The zero-order valence-corrected chi connectivity index (χ0v) is 14.4. The first-order valence-electron chi connectivity index (χ1n) is 8.33. The minimum atomic E-state index is -0.866. The van der Waals surface area contributed by atoms with Gasteiger partial charge in [-0.05, 0) is 18.6 Å². The average Bonchev–Trinajstić information content (AvgIpc) is 3.18. The van der Waals surface area contributed by atoms with Crippen LogP contribution in [0.3, 0.4) is 0 Å². The Balaban J connectivity index is 1.57. The number of nitrogens with one attached hydrogen (secondary N) is 2. The number of carbonyl (C=O) groups is 1. The van der Waals surface area contributed by atoms with Crippen molar-refractivity contribution < 1.29 is 9.18 Å². The molecular formula is C17H23FN6O. The number of alkyl halides is 1. The van der Waals surface area contributed by atoms with Crippen LogP contribution in [-0.2, 0) is 13.6 Å². The maximum absolute atomic E-state index is 13.9. The quantitative estimate of drug-likeness (QED) is 0.822. The normalized spacial score (nSPS) is 20.6. The van der Waals surface area contributed by atoms with Gasteiger partial charge in [-0.15, -0.1) is 0 Å². The Morgan fingerprint density at radius 3 is 2.88 bits per heavy atom. The third kappa shape index (κ3) is 4.33. The topological polar surface area (TPSA) is 75.1 Å². The van der Waals surface area contributed by atoms with E-state index in [1.54, 1.807) is 30.1 Å². The van der Waals surface area contributed by atoms with Gasteiger partial charge in [-0.25, -0.2) is 9.37 Å². The molecule has 0 saturated carbocycles. The summed E-state index contributed by atoms with van der Waals surface area (Å²) in [5.41, 5.74) is 1.53. The molecule has 2 aromatic heterocycles. The van der Waals surface area contributed by atoms with Gasteiger partial charge in [-0.2, -0.15) is 5.10 Å². The zero-order chi connectivity index (χ0) is 17.8. The summed E-state index contributed by atoms with van der Waals surface area (Å²) in [6, 6.07) is 3.44. The highest BCUT2D eigenvalue weighted by Crippen LogP contribution is 2.22. The van der Waals surface area contributed by atoms with Crippen molar-refractivity contribution >= 4 is 11.7 Å². The monoisotopic (exact) mass is 346 g/mol. The van der Waals surface area contributed by atoms with Crippen molar-refractivity contribution in [3.8, 4) is 0 Å². The van der Waals surface area contributed by atoms with E-state index in [1.807, 2.05) is 13.2 Å². The van der Waals surface area contributed by atoms with Crippen molar-refractivity contribution in [3.05, 3.63) is 41.9 Å². The van der Waals surface area contributed by atoms with Crippen LogP contribution in [0.25, 0.3) is 0 Å². The van der Waals surface area contributed by atoms with Gasteiger partial charge < -0.3 is 10.6 Å². The van der Waals surface area contributed by atoms with Gasteiger partial charge in [0.05, 0.1) is 11.8 Å². The molecule has 1 fully saturated rings. The summed E-state index contributed by atoms with van der Waals surface area (Å²) >= 11 is 0. The Morgan fingerprint density at radius 1 is 1.40 bits per heavy atom. The number of amides is 1. The number of likely N-dealkylation sites (tertiary alicyclic amines) is 1. The minimum absolute atomic E-state index is 0.0244. The van der Waals surface area contributed by atoms with Gasteiger partial charge in [0, 0.05) is 57.7 Å². The van der Waals surface area contributed by atoms with Crippen LogP contribution in [0.15, 0.2) is 30.7 Å². The van der Waals surface area contributed by atoms with E-state index in [0.717, 1.165) is 5.56 Å². The molecule has 0 aliphatic carbocycles. The predicted octanol–water partition coefficient (Wildman–Crippen LogP) is 1.20. The van der Waals surface area contributed by atoms with Crippen molar-refractivity contribution in [2.24, 2.45) is 7.05 Å². The Hall–Kier alpha value is -2.48. The molecule has 0 bridgehead atoms. The highest BCUT2D eigenvalue weighted by atomic mass is 19.1. The Kier molecular flexibility index (Phi) is 5.28. The molecule has 1 amide bonds. The van der Waals surface area contributed by atoms with Crippen molar-refractivity contribution in [1.82, 2.24) is 25.0 Å². The number of hydrogen-bond donors (Lipinski definition) is 2. The Morgan fingerprint density at radius 2 is 2.24 bits per heavy atom. The van der Waals surface area contributed by atoms with Gasteiger partial charge >= 0.3 is 0 Å². The lowest BCUT2D eigenvalue weighted by molar-refractivity contribution is 0.0939. The van der Waals surface area contributed by atoms with Crippen LogP contribution in [0, 0.1) is 0 Å². The maximum Gasteiger partial charge on any atom is 0.252 e. The fourth-order valence-electron chi connectivity index (χ4n) is 3.11. The van der Waals surface area contributed by atoms with Gasteiger partial charge in [0.15, 0.2) is 0 Å². The van der Waals surface area contributed by atoms with Crippen LogP contribution in [-0.4, -0.2) is 57.9 Å². The molecule has 2 atom stereocenters. The van der Waals surface area contributed by atoms with Gasteiger partial charge in [-0.3, -0.25) is 14.4 Å². The van der Waals surface area contributed by atoms with Crippen molar-refractivity contribution in [2.45, 2.75) is 25.2 Å². The lowest BCUT2D eigenvalue weighted by Gasteiger charge is -2.23. The largest absolute Gasteiger partial charge is 0.373 e. The SMILES string of the molecule is CNc1ccc(C(=O)NC[C@@H]2C[C@H](F)CN2Cc2cnn(C)c2)cn1. The summed E-state index contributed by atoms with van der Waals surface area (Å²) in [4.78, 5) is 18.4. The van der Waals surface area contributed by atoms with Crippen LogP contribution in [0.1, 0.15) is 22.3 Å². The molecule has 134 valence electrons. The van der Waals surface area contributed by atoms with E-state index in [-0.39, 0.29) is 11.9 Å². The molecule has 0 spiro atoms. The first-order valence-corrected chi connectivity index (χ1v) is 8.33. The van der Waals surface area contributed by atoms with Crippen LogP contribution < -0.4 is 10.6 Å². The van der Waals surface area contributed by atoms with E-state index in [9.17, 15) is 9.18 Å². The molecule has 7 nitrogen and oxygen atoms in total. The van der Waals surface area contributed by atoms with Crippen LogP contribution in [0.5, 0.6) is 0 Å². The molecule has 1 aliphatic rings. The second-order valence-electron chi connectivity index (χ2n) is 6.33. The first kappa shape index (κ1) is 17.3. The molecule has 3 heterocycles. The van der Waals surface area contributed by atoms with E-state index < -0.39 is 6.17 Å². The molecule has 1 saturated heterocycles. The summed E-state index contributed by atoms with van der Waals surface area (Å²) in [6.45, 7) is 1.42.